The van der Waals surface area contributed by atoms with E-state index in [2.05, 4.69) is 15.4 Å². The molecule has 18 heavy (non-hydrogen) atoms. The number of anilines is 1. The first kappa shape index (κ1) is 11.5. The second kappa shape index (κ2) is 4.57. The molecule has 3 N–H and O–H groups in total. The van der Waals surface area contributed by atoms with Gasteiger partial charge in [-0.3, -0.25) is 0 Å². The third-order valence-corrected chi connectivity index (χ3v) is 3.65. The molecule has 0 aromatic carbocycles. The molecule has 0 bridgehead atoms. The molecule has 1 fully saturated rings. The Morgan fingerprint density at radius 3 is 2.78 bits per heavy atom. The number of aryl methyl sites for hydroxylation is 1. The topological polar surface area (TPSA) is 68.2 Å². The summed E-state index contributed by atoms with van der Waals surface area (Å²) in [6.45, 7) is 2.03. The van der Waals surface area contributed by atoms with E-state index in [1.54, 1.807) is 0 Å². The SMILES string of the molecule is Cc1cccc2nc(NC3CCC(N)CC3)nn12. The van der Waals surface area contributed by atoms with Crippen molar-refractivity contribution < 1.29 is 0 Å². The highest BCUT2D eigenvalue weighted by Gasteiger charge is 2.19. The van der Waals surface area contributed by atoms with E-state index in [4.69, 9.17) is 5.73 Å². The molecule has 2 aromatic heterocycles. The Morgan fingerprint density at radius 1 is 1.28 bits per heavy atom. The fraction of sp³-hybridized carbons (Fsp3) is 0.538. The predicted molar refractivity (Wildman–Crippen MR) is 71.6 cm³/mol. The van der Waals surface area contributed by atoms with Gasteiger partial charge in [0.15, 0.2) is 5.65 Å². The van der Waals surface area contributed by atoms with E-state index in [0.29, 0.717) is 12.1 Å². The normalized spacial score (nSPS) is 24.3. The van der Waals surface area contributed by atoms with Crippen molar-refractivity contribution in [3.05, 3.63) is 23.9 Å². The zero-order valence-corrected chi connectivity index (χ0v) is 10.6. The average Bonchev–Trinajstić information content (AvgIpc) is 2.76. The summed E-state index contributed by atoms with van der Waals surface area (Å²) in [7, 11) is 0. The smallest absolute Gasteiger partial charge is 0.243 e. The number of fused-ring (bicyclic) bond motifs is 1. The van der Waals surface area contributed by atoms with Crippen LogP contribution in [0.1, 0.15) is 31.4 Å². The number of nitrogens with zero attached hydrogens (tertiary/aromatic N) is 3. The summed E-state index contributed by atoms with van der Waals surface area (Å²) in [4.78, 5) is 4.50. The molecule has 0 amide bonds. The molecule has 2 aromatic rings. The van der Waals surface area contributed by atoms with Gasteiger partial charge in [0, 0.05) is 17.8 Å². The Hall–Kier alpha value is -1.62. The van der Waals surface area contributed by atoms with Gasteiger partial charge in [0.2, 0.25) is 5.95 Å². The number of aromatic nitrogens is 3. The van der Waals surface area contributed by atoms with Crippen molar-refractivity contribution in [1.29, 1.82) is 0 Å². The zero-order valence-electron chi connectivity index (χ0n) is 10.6. The van der Waals surface area contributed by atoms with E-state index in [1.807, 2.05) is 29.6 Å². The van der Waals surface area contributed by atoms with Crippen LogP contribution in [0.3, 0.4) is 0 Å². The summed E-state index contributed by atoms with van der Waals surface area (Å²) in [5.41, 5.74) is 7.90. The minimum absolute atomic E-state index is 0.374. The Kier molecular flexibility index (Phi) is 2.91. The number of hydrogen-bond acceptors (Lipinski definition) is 4. The summed E-state index contributed by atoms with van der Waals surface area (Å²) >= 11 is 0. The van der Waals surface area contributed by atoms with Gasteiger partial charge in [-0.1, -0.05) is 6.07 Å². The van der Waals surface area contributed by atoms with Crippen LogP contribution in [0, 0.1) is 6.92 Å². The van der Waals surface area contributed by atoms with Crippen LogP contribution in [0.2, 0.25) is 0 Å². The molecule has 1 saturated carbocycles. The highest BCUT2D eigenvalue weighted by atomic mass is 15.4. The van der Waals surface area contributed by atoms with Crippen LogP contribution in [0.25, 0.3) is 5.65 Å². The lowest BCUT2D eigenvalue weighted by molar-refractivity contribution is 0.410. The molecule has 96 valence electrons. The summed E-state index contributed by atoms with van der Waals surface area (Å²) in [5, 5.41) is 7.91. The summed E-state index contributed by atoms with van der Waals surface area (Å²) in [6, 6.07) is 6.84. The second-order valence-corrected chi connectivity index (χ2v) is 5.13. The van der Waals surface area contributed by atoms with Crippen molar-refractivity contribution in [2.45, 2.75) is 44.7 Å². The van der Waals surface area contributed by atoms with Gasteiger partial charge < -0.3 is 11.1 Å². The summed E-state index contributed by atoms with van der Waals surface area (Å²) in [5.74, 6) is 0.727. The van der Waals surface area contributed by atoms with Crippen LogP contribution in [-0.2, 0) is 0 Å². The summed E-state index contributed by atoms with van der Waals surface area (Å²) in [6.07, 6.45) is 4.39. The van der Waals surface area contributed by atoms with Crippen molar-refractivity contribution >= 4 is 11.6 Å². The van der Waals surface area contributed by atoms with Crippen LogP contribution < -0.4 is 11.1 Å². The van der Waals surface area contributed by atoms with E-state index in [9.17, 15) is 0 Å². The Bertz CT molecular complexity index is 539. The second-order valence-electron chi connectivity index (χ2n) is 5.13. The van der Waals surface area contributed by atoms with Crippen LogP contribution in [0.4, 0.5) is 5.95 Å². The molecule has 0 unspecified atom stereocenters. The van der Waals surface area contributed by atoms with E-state index in [1.165, 1.54) is 0 Å². The van der Waals surface area contributed by atoms with Gasteiger partial charge in [0.1, 0.15) is 0 Å². The maximum absolute atomic E-state index is 5.91. The number of hydrogen-bond donors (Lipinski definition) is 2. The molecule has 5 heteroatoms. The maximum Gasteiger partial charge on any atom is 0.243 e. The van der Waals surface area contributed by atoms with Crippen molar-refractivity contribution in [2.24, 2.45) is 5.73 Å². The third kappa shape index (κ3) is 2.18. The van der Waals surface area contributed by atoms with Gasteiger partial charge in [-0.05, 0) is 44.7 Å². The molecule has 0 atom stereocenters. The molecule has 0 radical (unpaired) electrons. The first-order chi connectivity index (χ1) is 8.72. The lowest BCUT2D eigenvalue weighted by atomic mass is 9.92. The maximum atomic E-state index is 5.91. The highest BCUT2D eigenvalue weighted by Crippen LogP contribution is 2.20. The average molecular weight is 245 g/mol. The van der Waals surface area contributed by atoms with Gasteiger partial charge in [0.25, 0.3) is 0 Å². The Balaban J connectivity index is 1.77. The predicted octanol–water partition coefficient (Wildman–Crippen LogP) is 1.72. The molecule has 3 rings (SSSR count). The van der Waals surface area contributed by atoms with Gasteiger partial charge in [-0.2, -0.15) is 4.98 Å². The minimum atomic E-state index is 0.374. The van der Waals surface area contributed by atoms with Crippen LogP contribution in [-0.4, -0.2) is 26.7 Å². The number of nitrogens with two attached hydrogens (primary N) is 1. The minimum Gasteiger partial charge on any atom is -0.350 e. The van der Waals surface area contributed by atoms with Gasteiger partial charge in [-0.15, -0.1) is 5.10 Å². The molecule has 0 spiro atoms. The van der Waals surface area contributed by atoms with E-state index in [-0.39, 0.29) is 0 Å². The van der Waals surface area contributed by atoms with Gasteiger partial charge >= 0.3 is 0 Å². The molecule has 1 aliphatic carbocycles. The van der Waals surface area contributed by atoms with Crippen molar-refractivity contribution in [3.63, 3.8) is 0 Å². The monoisotopic (exact) mass is 245 g/mol. The van der Waals surface area contributed by atoms with Crippen LogP contribution in [0.5, 0.6) is 0 Å². The lowest BCUT2D eigenvalue weighted by Crippen LogP contribution is -2.33. The van der Waals surface area contributed by atoms with Crippen LogP contribution in [0.15, 0.2) is 18.2 Å². The number of nitrogens with one attached hydrogen (secondary N) is 1. The number of rotatable bonds is 2. The van der Waals surface area contributed by atoms with E-state index >= 15 is 0 Å². The molecular formula is C13H19N5. The largest absolute Gasteiger partial charge is 0.350 e. The fourth-order valence-corrected chi connectivity index (χ4v) is 2.54. The highest BCUT2D eigenvalue weighted by molar-refractivity contribution is 5.44. The number of pyridine rings is 1. The zero-order chi connectivity index (χ0) is 12.5. The molecule has 0 aliphatic heterocycles. The van der Waals surface area contributed by atoms with Crippen LogP contribution >= 0.6 is 0 Å². The van der Waals surface area contributed by atoms with Gasteiger partial charge in [0.05, 0.1) is 0 Å². The molecule has 1 aliphatic rings. The van der Waals surface area contributed by atoms with Crippen molar-refractivity contribution in [3.8, 4) is 0 Å². The standard InChI is InChI=1S/C13H19N5/c1-9-3-2-4-12-16-13(17-18(9)12)15-11-7-5-10(14)6-8-11/h2-4,10-11H,5-8,14H2,1H3,(H,15,17). The molecule has 2 heterocycles. The summed E-state index contributed by atoms with van der Waals surface area (Å²) < 4.78 is 1.87. The van der Waals surface area contributed by atoms with Crippen molar-refractivity contribution in [1.82, 2.24) is 14.6 Å². The molecule has 5 nitrogen and oxygen atoms in total. The molecule has 0 saturated heterocycles. The first-order valence-corrected chi connectivity index (χ1v) is 6.57. The quantitative estimate of drug-likeness (QED) is 0.845. The van der Waals surface area contributed by atoms with E-state index < -0.39 is 0 Å². The fourth-order valence-electron chi connectivity index (χ4n) is 2.54. The lowest BCUT2D eigenvalue weighted by Gasteiger charge is -2.26. The Labute approximate surface area is 106 Å². The Morgan fingerprint density at radius 2 is 2.06 bits per heavy atom. The third-order valence-electron chi connectivity index (χ3n) is 3.65. The van der Waals surface area contributed by atoms with Crippen molar-refractivity contribution in [2.75, 3.05) is 5.32 Å². The first-order valence-electron chi connectivity index (χ1n) is 6.57. The van der Waals surface area contributed by atoms with E-state index in [0.717, 1.165) is 43.0 Å². The molecular weight excluding hydrogens is 226 g/mol. The van der Waals surface area contributed by atoms with Gasteiger partial charge in [-0.25, -0.2) is 4.52 Å².